The average Bonchev–Trinajstić information content (AvgIpc) is 3.01. The number of nitrogens with zero attached hydrogens (tertiary/aromatic N) is 2. The Morgan fingerprint density at radius 3 is 2.10 bits per heavy atom. The van der Waals surface area contributed by atoms with Crippen LogP contribution in [0.5, 0.6) is 0 Å². The summed E-state index contributed by atoms with van der Waals surface area (Å²) >= 11 is 0. The molecule has 2 aromatic carbocycles. The first-order chi connectivity index (χ1) is 14.3. The topological polar surface area (TPSA) is 46.9 Å². The molecule has 0 radical (unpaired) electrons. The van der Waals surface area contributed by atoms with Crippen LogP contribution in [0.25, 0.3) is 5.69 Å². The van der Waals surface area contributed by atoms with Crippen molar-refractivity contribution in [3.05, 3.63) is 82.7 Å². The number of carbonyl (C=O) groups is 1. The van der Waals surface area contributed by atoms with Crippen molar-refractivity contribution in [1.82, 2.24) is 15.1 Å². The predicted molar refractivity (Wildman–Crippen MR) is 123 cm³/mol. The highest BCUT2D eigenvalue weighted by Gasteiger charge is 2.21. The van der Waals surface area contributed by atoms with Gasteiger partial charge in [-0.3, -0.25) is 4.79 Å². The lowest BCUT2D eigenvalue weighted by Crippen LogP contribution is -2.33. The molecule has 4 nitrogen and oxygen atoms in total. The first kappa shape index (κ1) is 21.8. The van der Waals surface area contributed by atoms with Gasteiger partial charge >= 0.3 is 0 Å². The van der Waals surface area contributed by atoms with Crippen LogP contribution in [0.3, 0.4) is 0 Å². The third-order valence-electron chi connectivity index (χ3n) is 5.72. The third-order valence-corrected chi connectivity index (χ3v) is 5.72. The van der Waals surface area contributed by atoms with Crippen molar-refractivity contribution in [3.63, 3.8) is 0 Å². The number of aryl methyl sites for hydroxylation is 1. The molecule has 0 saturated carbocycles. The summed E-state index contributed by atoms with van der Waals surface area (Å²) in [6, 6.07) is 18.6. The summed E-state index contributed by atoms with van der Waals surface area (Å²) in [6.07, 6.45) is 0.331. The maximum atomic E-state index is 13.0. The van der Waals surface area contributed by atoms with E-state index in [1.807, 2.05) is 48.9 Å². The van der Waals surface area contributed by atoms with Crippen molar-refractivity contribution in [2.24, 2.45) is 5.92 Å². The Hall–Kier alpha value is -2.88. The Labute approximate surface area is 180 Å². The number of benzene rings is 2. The number of hydrogen-bond donors (Lipinski definition) is 1. The van der Waals surface area contributed by atoms with Gasteiger partial charge in [-0.2, -0.15) is 5.10 Å². The molecule has 3 rings (SSSR count). The van der Waals surface area contributed by atoms with E-state index in [1.54, 1.807) is 0 Å². The van der Waals surface area contributed by atoms with Crippen molar-refractivity contribution in [3.8, 4) is 5.69 Å². The van der Waals surface area contributed by atoms with Crippen LogP contribution in [0.15, 0.2) is 54.6 Å². The monoisotopic (exact) mass is 403 g/mol. The van der Waals surface area contributed by atoms with Crippen LogP contribution in [0, 0.1) is 19.8 Å². The fourth-order valence-electron chi connectivity index (χ4n) is 3.86. The van der Waals surface area contributed by atoms with E-state index >= 15 is 0 Å². The summed E-state index contributed by atoms with van der Waals surface area (Å²) in [5, 5.41) is 7.93. The van der Waals surface area contributed by atoms with Crippen molar-refractivity contribution in [2.75, 3.05) is 0 Å². The Bertz CT molecular complexity index is 985. The number of aromatic nitrogens is 2. The molecule has 4 heteroatoms. The summed E-state index contributed by atoms with van der Waals surface area (Å²) in [5.74, 6) is 0.826. The maximum absolute atomic E-state index is 13.0. The second-order valence-corrected chi connectivity index (χ2v) is 8.68. The van der Waals surface area contributed by atoms with Gasteiger partial charge in [0.1, 0.15) is 0 Å². The molecule has 1 unspecified atom stereocenters. The van der Waals surface area contributed by atoms with E-state index < -0.39 is 0 Å². The molecular weight excluding hydrogens is 370 g/mol. The van der Waals surface area contributed by atoms with E-state index in [0.29, 0.717) is 18.3 Å². The number of amides is 1. The van der Waals surface area contributed by atoms with Gasteiger partial charge in [-0.15, -0.1) is 0 Å². The van der Waals surface area contributed by atoms with E-state index in [4.69, 9.17) is 0 Å². The normalized spacial score (nSPS) is 12.4. The van der Waals surface area contributed by atoms with Crippen LogP contribution in [-0.4, -0.2) is 15.7 Å². The van der Waals surface area contributed by atoms with Gasteiger partial charge in [-0.25, -0.2) is 4.68 Å². The van der Waals surface area contributed by atoms with Gasteiger partial charge in [-0.1, -0.05) is 70.2 Å². The molecule has 1 heterocycles. The molecule has 0 aliphatic carbocycles. The lowest BCUT2D eigenvalue weighted by Gasteiger charge is -2.23. The number of rotatable bonds is 7. The van der Waals surface area contributed by atoms with E-state index in [1.165, 1.54) is 5.56 Å². The minimum absolute atomic E-state index is 0.0107. The number of hydrogen-bond acceptors (Lipinski definition) is 2. The quantitative estimate of drug-likeness (QED) is 0.552. The summed E-state index contributed by atoms with van der Waals surface area (Å²) in [4.78, 5) is 13.0. The molecule has 0 saturated heterocycles. The minimum Gasteiger partial charge on any atom is -0.349 e. The van der Waals surface area contributed by atoms with Crippen LogP contribution < -0.4 is 5.32 Å². The van der Waals surface area contributed by atoms with Crippen molar-refractivity contribution >= 4 is 5.91 Å². The maximum Gasteiger partial charge on any atom is 0.225 e. The second kappa shape index (κ2) is 9.29. The average molecular weight is 404 g/mol. The number of para-hydroxylation sites is 1. The van der Waals surface area contributed by atoms with Crippen LogP contribution in [0.4, 0.5) is 0 Å². The Morgan fingerprint density at radius 2 is 1.53 bits per heavy atom. The SMILES string of the molecule is Cc1nn(-c2ccccc2)c(C)c1CC(=O)NC(c1ccc(C(C)C)cc1)C(C)C. The molecule has 0 spiro atoms. The summed E-state index contributed by atoms with van der Waals surface area (Å²) in [5.41, 5.74) is 6.37. The van der Waals surface area contributed by atoms with Gasteiger partial charge in [0, 0.05) is 11.3 Å². The highest BCUT2D eigenvalue weighted by molar-refractivity contribution is 5.79. The van der Waals surface area contributed by atoms with Gasteiger partial charge in [0.25, 0.3) is 0 Å². The van der Waals surface area contributed by atoms with Gasteiger partial charge in [-0.05, 0) is 48.9 Å². The Morgan fingerprint density at radius 1 is 0.933 bits per heavy atom. The Balaban J connectivity index is 1.77. The molecule has 1 N–H and O–H groups in total. The van der Waals surface area contributed by atoms with Gasteiger partial charge < -0.3 is 5.32 Å². The van der Waals surface area contributed by atoms with E-state index in [9.17, 15) is 4.79 Å². The van der Waals surface area contributed by atoms with Gasteiger partial charge in [0.05, 0.1) is 23.8 Å². The molecule has 1 atom stereocenters. The minimum atomic E-state index is -0.0107. The van der Waals surface area contributed by atoms with Crippen LogP contribution >= 0.6 is 0 Å². The molecule has 30 heavy (non-hydrogen) atoms. The molecular formula is C26H33N3O. The predicted octanol–water partition coefficient (Wildman–Crippen LogP) is 5.67. The molecule has 3 aromatic rings. The molecule has 1 amide bonds. The van der Waals surface area contributed by atoms with Crippen LogP contribution in [0.1, 0.15) is 67.7 Å². The first-order valence-corrected chi connectivity index (χ1v) is 10.8. The Kier molecular flexibility index (Phi) is 6.76. The van der Waals surface area contributed by atoms with Gasteiger partial charge in [0.2, 0.25) is 5.91 Å². The zero-order valence-electron chi connectivity index (χ0n) is 18.9. The highest BCUT2D eigenvalue weighted by atomic mass is 16.1. The van der Waals surface area contributed by atoms with Crippen molar-refractivity contribution in [1.29, 1.82) is 0 Å². The summed E-state index contributed by atoms with van der Waals surface area (Å²) in [6.45, 7) is 12.7. The molecule has 0 bridgehead atoms. The molecule has 0 fully saturated rings. The molecule has 1 aromatic heterocycles. The second-order valence-electron chi connectivity index (χ2n) is 8.68. The smallest absolute Gasteiger partial charge is 0.225 e. The van der Waals surface area contributed by atoms with Crippen LogP contribution in [0.2, 0.25) is 0 Å². The van der Waals surface area contributed by atoms with Crippen LogP contribution in [-0.2, 0) is 11.2 Å². The summed E-state index contributed by atoms with van der Waals surface area (Å²) in [7, 11) is 0. The number of carbonyl (C=O) groups excluding carboxylic acids is 1. The van der Waals surface area contributed by atoms with Crippen molar-refractivity contribution in [2.45, 2.75) is 59.9 Å². The lowest BCUT2D eigenvalue weighted by molar-refractivity contribution is -0.121. The standard InChI is InChI=1S/C26H33N3O/c1-17(2)21-12-14-22(15-13-21)26(18(3)4)27-25(30)16-24-19(5)28-29(20(24)6)23-10-8-7-9-11-23/h7-15,17-18,26H,16H2,1-6H3,(H,27,30). The van der Waals surface area contributed by atoms with E-state index in [-0.39, 0.29) is 11.9 Å². The zero-order valence-corrected chi connectivity index (χ0v) is 18.9. The summed E-state index contributed by atoms with van der Waals surface area (Å²) < 4.78 is 1.92. The lowest BCUT2D eigenvalue weighted by atomic mass is 9.93. The molecule has 158 valence electrons. The molecule has 0 aliphatic heterocycles. The van der Waals surface area contributed by atoms with E-state index in [2.05, 4.69) is 62.4 Å². The number of nitrogens with one attached hydrogen (secondary N) is 1. The highest BCUT2D eigenvalue weighted by Crippen LogP contribution is 2.25. The fourth-order valence-corrected chi connectivity index (χ4v) is 3.86. The fraction of sp³-hybridized carbons (Fsp3) is 0.385. The first-order valence-electron chi connectivity index (χ1n) is 10.8. The van der Waals surface area contributed by atoms with Crippen molar-refractivity contribution < 1.29 is 4.79 Å². The van der Waals surface area contributed by atoms with E-state index in [0.717, 1.165) is 28.2 Å². The van der Waals surface area contributed by atoms with Gasteiger partial charge in [0.15, 0.2) is 0 Å². The largest absolute Gasteiger partial charge is 0.349 e. The molecule has 0 aliphatic rings. The third kappa shape index (κ3) is 4.81. The zero-order chi connectivity index (χ0) is 21.8.